The number of nitrogens with one attached hydrogen (secondary N) is 1. The van der Waals surface area contributed by atoms with Crippen molar-refractivity contribution >= 4 is 67.1 Å². The highest BCUT2D eigenvalue weighted by molar-refractivity contribution is 7.86. The number of amides is 1. The molecule has 4 aromatic carbocycles. The van der Waals surface area contributed by atoms with E-state index < -0.39 is 26.7 Å². The number of hydrogen-bond donors (Lipinski definition) is 3. The maximum absolute atomic E-state index is 13.2. The summed E-state index contributed by atoms with van der Waals surface area (Å²) in [6, 6.07) is 15.9. The molecule has 12 heteroatoms. The number of carbonyl (C=O) groups excluding carboxylic acids is 1. The van der Waals surface area contributed by atoms with Crippen LogP contribution >= 0.6 is 23.2 Å². The third-order valence-electron chi connectivity index (χ3n) is 5.52. The van der Waals surface area contributed by atoms with Crippen molar-refractivity contribution < 1.29 is 27.6 Å². The normalized spacial score (nSPS) is 11.7. The molecule has 4 rings (SSSR count). The molecule has 196 valence electrons. The minimum Gasteiger partial charge on any atom is -0.505 e. The van der Waals surface area contributed by atoms with E-state index in [-0.39, 0.29) is 22.0 Å². The van der Waals surface area contributed by atoms with Crippen LogP contribution in [0.3, 0.4) is 0 Å². The number of hydrogen-bond acceptors (Lipinski definition) is 7. The van der Waals surface area contributed by atoms with Crippen LogP contribution in [0.25, 0.3) is 10.8 Å². The Balaban J connectivity index is 1.81. The second-order valence-electron chi connectivity index (χ2n) is 8.09. The molecule has 0 aliphatic heterocycles. The molecule has 0 aromatic heterocycles. The first kappa shape index (κ1) is 27.3. The number of benzene rings is 4. The molecular weight excluding hydrogens is 553 g/mol. The molecule has 4 aromatic rings. The SMILES string of the molecule is CCOc1ccc(NC(=O)c2cc3ccccc3c(N=Nc3c(C)ccc(Cl)c3S(=O)(=O)O)c2O)cc1Cl. The van der Waals surface area contributed by atoms with Gasteiger partial charge in [0.05, 0.1) is 22.2 Å². The first-order chi connectivity index (χ1) is 18.0. The van der Waals surface area contributed by atoms with Crippen LogP contribution in [0.4, 0.5) is 17.1 Å². The lowest BCUT2D eigenvalue weighted by Gasteiger charge is -2.13. The van der Waals surface area contributed by atoms with Gasteiger partial charge in [-0.05, 0) is 55.1 Å². The van der Waals surface area contributed by atoms with Crippen molar-refractivity contribution in [3.05, 3.63) is 81.8 Å². The first-order valence-corrected chi connectivity index (χ1v) is 13.4. The summed E-state index contributed by atoms with van der Waals surface area (Å²) < 4.78 is 39.0. The Kier molecular flexibility index (Phi) is 7.89. The van der Waals surface area contributed by atoms with Gasteiger partial charge < -0.3 is 15.2 Å². The molecule has 0 aliphatic rings. The Bertz CT molecular complexity index is 1710. The van der Waals surface area contributed by atoms with E-state index in [0.29, 0.717) is 39.4 Å². The Hall–Kier alpha value is -3.70. The number of phenols is 1. The summed E-state index contributed by atoms with van der Waals surface area (Å²) in [4.78, 5) is 12.5. The Morgan fingerprint density at radius 3 is 2.39 bits per heavy atom. The van der Waals surface area contributed by atoms with Gasteiger partial charge in [-0.3, -0.25) is 9.35 Å². The van der Waals surface area contributed by atoms with Crippen LogP contribution in [0.15, 0.2) is 75.8 Å². The number of aryl methyl sites for hydroxylation is 1. The number of phenolic OH excluding ortho intramolecular Hbond substituents is 1. The first-order valence-electron chi connectivity index (χ1n) is 11.2. The maximum atomic E-state index is 13.2. The summed E-state index contributed by atoms with van der Waals surface area (Å²) in [7, 11) is -4.74. The van der Waals surface area contributed by atoms with Crippen LogP contribution in [0, 0.1) is 6.92 Å². The van der Waals surface area contributed by atoms with E-state index in [1.165, 1.54) is 24.3 Å². The van der Waals surface area contributed by atoms with Crippen molar-refractivity contribution in [3.63, 3.8) is 0 Å². The molecule has 0 unspecified atom stereocenters. The summed E-state index contributed by atoms with van der Waals surface area (Å²) in [6.07, 6.45) is 0. The fraction of sp³-hybridized carbons (Fsp3) is 0.115. The Morgan fingerprint density at radius 2 is 1.71 bits per heavy atom. The molecule has 0 radical (unpaired) electrons. The smallest absolute Gasteiger partial charge is 0.298 e. The number of fused-ring (bicyclic) bond motifs is 1. The van der Waals surface area contributed by atoms with Crippen molar-refractivity contribution in [3.8, 4) is 11.5 Å². The minimum atomic E-state index is -4.74. The van der Waals surface area contributed by atoms with Crippen LogP contribution in [0.1, 0.15) is 22.8 Å². The summed E-state index contributed by atoms with van der Waals surface area (Å²) in [6.45, 7) is 3.80. The average molecular weight is 574 g/mol. The average Bonchev–Trinajstić information content (AvgIpc) is 2.86. The van der Waals surface area contributed by atoms with Crippen molar-refractivity contribution in [2.24, 2.45) is 10.2 Å². The molecule has 0 atom stereocenters. The van der Waals surface area contributed by atoms with E-state index in [9.17, 15) is 22.9 Å². The molecule has 3 N–H and O–H groups in total. The molecule has 0 fully saturated rings. The van der Waals surface area contributed by atoms with Gasteiger partial charge in [-0.2, -0.15) is 8.42 Å². The summed E-state index contributed by atoms with van der Waals surface area (Å²) in [5.74, 6) is -0.679. The van der Waals surface area contributed by atoms with Gasteiger partial charge >= 0.3 is 0 Å². The number of ether oxygens (including phenoxy) is 1. The van der Waals surface area contributed by atoms with Gasteiger partial charge in [0.15, 0.2) is 5.75 Å². The molecule has 0 aliphatic carbocycles. The fourth-order valence-corrected chi connectivity index (χ4v) is 5.20. The van der Waals surface area contributed by atoms with E-state index in [0.717, 1.165) is 0 Å². The standard InChI is InChI=1S/C26H21Cl2N3O6S/c1-3-37-21-11-9-16(13-20(21)28)29-26(33)18-12-15-6-4-5-7-17(15)23(24(18)32)31-30-22-14(2)8-10-19(27)25(22)38(34,35)36/h4-13,32H,3H2,1-2H3,(H,29,33)(H,34,35,36). The number of halogens is 2. The number of aromatic hydroxyl groups is 1. The lowest BCUT2D eigenvalue weighted by Crippen LogP contribution is -2.12. The number of anilines is 1. The zero-order chi connectivity index (χ0) is 27.6. The van der Waals surface area contributed by atoms with Crippen LogP contribution < -0.4 is 10.1 Å². The Labute approximate surface area is 228 Å². The topological polar surface area (TPSA) is 138 Å². The van der Waals surface area contributed by atoms with Crippen LogP contribution in [-0.2, 0) is 10.1 Å². The maximum Gasteiger partial charge on any atom is 0.298 e. The molecule has 0 bridgehead atoms. The van der Waals surface area contributed by atoms with Gasteiger partial charge in [0.2, 0.25) is 0 Å². The van der Waals surface area contributed by atoms with E-state index in [1.54, 1.807) is 43.3 Å². The summed E-state index contributed by atoms with van der Waals surface area (Å²) >= 11 is 12.2. The van der Waals surface area contributed by atoms with E-state index >= 15 is 0 Å². The highest BCUT2D eigenvalue weighted by Crippen LogP contribution is 2.41. The monoisotopic (exact) mass is 573 g/mol. The largest absolute Gasteiger partial charge is 0.505 e. The van der Waals surface area contributed by atoms with Crippen LogP contribution in [-0.4, -0.2) is 30.6 Å². The van der Waals surface area contributed by atoms with Crippen molar-refractivity contribution in [1.29, 1.82) is 0 Å². The molecule has 1 amide bonds. The van der Waals surface area contributed by atoms with E-state index in [4.69, 9.17) is 27.9 Å². The molecule has 0 spiro atoms. The van der Waals surface area contributed by atoms with Gasteiger partial charge in [-0.15, -0.1) is 10.2 Å². The van der Waals surface area contributed by atoms with Gasteiger partial charge in [-0.25, -0.2) is 0 Å². The van der Waals surface area contributed by atoms with E-state index in [2.05, 4.69) is 15.5 Å². The lowest BCUT2D eigenvalue weighted by atomic mass is 10.0. The van der Waals surface area contributed by atoms with Crippen molar-refractivity contribution in [1.82, 2.24) is 0 Å². The zero-order valence-electron chi connectivity index (χ0n) is 20.1. The quantitative estimate of drug-likeness (QED) is 0.155. The predicted octanol–water partition coefficient (Wildman–Crippen LogP) is 7.47. The second kappa shape index (κ2) is 11.0. The van der Waals surface area contributed by atoms with Crippen LogP contribution in [0.5, 0.6) is 11.5 Å². The third-order valence-corrected chi connectivity index (χ3v) is 7.17. The summed E-state index contributed by atoms with van der Waals surface area (Å²) in [5, 5.41) is 22.9. The molecule has 0 saturated carbocycles. The van der Waals surface area contributed by atoms with Gasteiger partial charge in [0, 0.05) is 11.1 Å². The minimum absolute atomic E-state index is 0.0846. The Morgan fingerprint density at radius 1 is 1.00 bits per heavy atom. The van der Waals surface area contributed by atoms with Gasteiger partial charge in [-0.1, -0.05) is 53.5 Å². The van der Waals surface area contributed by atoms with Gasteiger partial charge in [0.25, 0.3) is 16.0 Å². The highest BCUT2D eigenvalue weighted by Gasteiger charge is 2.23. The van der Waals surface area contributed by atoms with Crippen LogP contribution in [0.2, 0.25) is 10.0 Å². The van der Waals surface area contributed by atoms with E-state index in [1.807, 2.05) is 6.92 Å². The molecule has 0 heterocycles. The molecule has 0 saturated heterocycles. The van der Waals surface area contributed by atoms with Crippen molar-refractivity contribution in [2.75, 3.05) is 11.9 Å². The molecular formula is C26H21Cl2N3O6S. The number of nitrogens with zero attached hydrogens (tertiary/aromatic N) is 2. The number of carbonyl (C=O) groups is 1. The zero-order valence-corrected chi connectivity index (χ0v) is 22.4. The fourth-order valence-electron chi connectivity index (χ4n) is 3.76. The predicted molar refractivity (Wildman–Crippen MR) is 146 cm³/mol. The summed E-state index contributed by atoms with van der Waals surface area (Å²) in [5.41, 5.74) is 0.323. The highest BCUT2D eigenvalue weighted by atomic mass is 35.5. The van der Waals surface area contributed by atoms with Gasteiger partial charge in [0.1, 0.15) is 22.0 Å². The number of rotatable bonds is 7. The lowest BCUT2D eigenvalue weighted by molar-refractivity contribution is 0.102. The van der Waals surface area contributed by atoms with Crippen molar-refractivity contribution in [2.45, 2.75) is 18.7 Å². The number of azo groups is 1. The second-order valence-corrected chi connectivity index (χ2v) is 10.3. The molecule has 9 nitrogen and oxygen atoms in total. The third kappa shape index (κ3) is 5.58. The molecule has 38 heavy (non-hydrogen) atoms.